The van der Waals surface area contributed by atoms with Gasteiger partial charge in [0.2, 0.25) is 0 Å². The normalized spacial score (nSPS) is 10.2. The quantitative estimate of drug-likeness (QED) is 0.210. The smallest absolute Gasteiger partial charge is 0.759 e. The molecule has 17 heteroatoms. The van der Waals surface area contributed by atoms with Crippen LogP contribution in [0, 0.1) is 0 Å². The van der Waals surface area contributed by atoms with Gasteiger partial charge in [0.15, 0.2) is 0 Å². The second-order valence-corrected chi connectivity index (χ2v) is 3.79. The molecule has 0 heterocycles. The Morgan fingerprint density at radius 1 is 0.647 bits per heavy atom. The maximum Gasteiger partial charge on any atom is 4.00 e. The number of hydrogen-bond donors (Lipinski definition) is 2. The van der Waals surface area contributed by atoms with Gasteiger partial charge in [-0.2, -0.15) is 8.42 Å². The van der Waals surface area contributed by atoms with E-state index in [4.69, 9.17) is 52.6 Å². The van der Waals surface area contributed by atoms with Gasteiger partial charge in [-0.15, -0.1) is 0 Å². The minimum absolute atomic E-state index is 0. The first kappa shape index (κ1) is 30.4. The van der Waals surface area contributed by atoms with E-state index in [2.05, 4.69) is 0 Å². The Morgan fingerprint density at radius 3 is 0.647 bits per heavy atom. The van der Waals surface area contributed by atoms with E-state index < -0.39 is 31.2 Å². The molecule has 0 unspecified atom stereocenters. The van der Waals surface area contributed by atoms with Crippen molar-refractivity contribution in [3.8, 4) is 0 Å². The molecule has 0 aliphatic rings. The Kier molecular flexibility index (Phi) is 20.5. The third-order valence-electron chi connectivity index (χ3n) is 0. The van der Waals surface area contributed by atoms with Crippen LogP contribution < -0.4 is 0 Å². The van der Waals surface area contributed by atoms with E-state index >= 15 is 0 Å². The minimum Gasteiger partial charge on any atom is -0.759 e. The van der Waals surface area contributed by atoms with Crippen LogP contribution in [0.4, 0.5) is 0 Å². The van der Waals surface area contributed by atoms with Crippen LogP contribution in [0.1, 0.15) is 0 Å². The van der Waals surface area contributed by atoms with Gasteiger partial charge in [-0.3, -0.25) is 25.9 Å². The zero-order valence-corrected chi connectivity index (χ0v) is 12.5. The van der Waals surface area contributed by atoms with Crippen molar-refractivity contribution in [3.63, 3.8) is 0 Å². The van der Waals surface area contributed by atoms with Crippen molar-refractivity contribution < 1.29 is 58.0 Å². The summed E-state index contributed by atoms with van der Waals surface area (Å²) in [5, 5.41) is 0. The van der Waals surface area contributed by atoms with E-state index in [0.29, 0.717) is 0 Å². The van der Waals surface area contributed by atoms with Gasteiger partial charge in [0.05, 0.1) is 0 Å². The standard InChI is InChI=1S/3H2O4S.H2O.Sn/c3*1-5(2,3)4;;/h3*(H2,1,2,3,4);1H2;/q;;;;+4/p-4. The predicted molar refractivity (Wildman–Crippen MR) is 44.5 cm³/mol. The monoisotopic (exact) mass is 428 g/mol. The molecule has 0 amide bonds. The summed E-state index contributed by atoms with van der Waals surface area (Å²) in [6, 6.07) is 0. The summed E-state index contributed by atoms with van der Waals surface area (Å²) >= 11 is 0. The summed E-state index contributed by atoms with van der Waals surface area (Å²) in [6.45, 7) is 0. The Bertz CT molecular complexity index is 338. The Labute approximate surface area is 113 Å². The van der Waals surface area contributed by atoms with Gasteiger partial charge >= 0.3 is 34.3 Å². The van der Waals surface area contributed by atoms with Gasteiger partial charge in [0.25, 0.3) is 0 Å². The largest absolute Gasteiger partial charge is 4.00 e. The second-order valence-electron chi connectivity index (χ2n) is 1.26. The van der Waals surface area contributed by atoms with Crippen LogP contribution in [0.25, 0.3) is 0 Å². The SMILES string of the molecule is O.O=S(=O)(O)O.O=S(=O)([O-])[O-].O=S(=O)([O-])[O-].[Sn+4]. The van der Waals surface area contributed by atoms with E-state index in [0.717, 1.165) is 0 Å². The van der Waals surface area contributed by atoms with Crippen LogP contribution >= 0.6 is 0 Å². The van der Waals surface area contributed by atoms with Gasteiger partial charge in [-0.1, -0.05) is 0 Å². The fourth-order valence-electron chi connectivity index (χ4n) is 0. The van der Waals surface area contributed by atoms with Crippen LogP contribution in [0.15, 0.2) is 0 Å². The van der Waals surface area contributed by atoms with Gasteiger partial charge in [0.1, 0.15) is 0 Å². The zero-order valence-electron chi connectivity index (χ0n) is 7.20. The van der Waals surface area contributed by atoms with Crippen molar-refractivity contribution in [1.82, 2.24) is 0 Å². The van der Waals surface area contributed by atoms with Crippen molar-refractivity contribution in [2.75, 3.05) is 0 Å². The molecule has 13 nitrogen and oxygen atoms in total. The Hall–Kier alpha value is 0.369. The average molecular weight is 427 g/mol. The third-order valence-corrected chi connectivity index (χ3v) is 0. The van der Waals surface area contributed by atoms with E-state index in [9.17, 15) is 0 Å². The molecule has 0 atom stereocenters. The van der Waals surface area contributed by atoms with Crippen LogP contribution in [0.3, 0.4) is 0 Å². The summed E-state index contributed by atoms with van der Waals surface area (Å²) < 4.78 is 99.7. The van der Waals surface area contributed by atoms with Gasteiger partial charge in [0, 0.05) is 20.8 Å². The van der Waals surface area contributed by atoms with Crippen LogP contribution in [0.2, 0.25) is 0 Å². The molecule has 0 saturated heterocycles. The molecule has 0 bridgehead atoms. The second kappa shape index (κ2) is 11.5. The summed E-state index contributed by atoms with van der Waals surface area (Å²) in [7, 11) is -15.0. The van der Waals surface area contributed by atoms with Crippen LogP contribution in [-0.4, -0.2) is 82.0 Å². The fourth-order valence-corrected chi connectivity index (χ4v) is 0. The molecule has 0 aromatic rings. The molecule has 0 spiro atoms. The van der Waals surface area contributed by atoms with Crippen molar-refractivity contribution in [3.05, 3.63) is 0 Å². The first-order chi connectivity index (χ1) is 6.00. The summed E-state index contributed by atoms with van der Waals surface area (Å²) in [5.41, 5.74) is 0. The van der Waals surface area contributed by atoms with Crippen molar-refractivity contribution in [2.45, 2.75) is 0 Å². The topological polar surface area (TPSA) is 267 Å². The van der Waals surface area contributed by atoms with E-state index in [1.807, 2.05) is 0 Å². The molecule has 0 fully saturated rings. The maximum atomic E-state index is 8.74. The average Bonchev–Trinajstić information content (AvgIpc) is 1.41. The van der Waals surface area contributed by atoms with Crippen molar-refractivity contribution in [2.24, 2.45) is 0 Å². The minimum atomic E-state index is -5.17. The molecule has 0 rings (SSSR count). The molecular formula is H4O13S3Sn. The van der Waals surface area contributed by atoms with Crippen LogP contribution in [0.5, 0.6) is 0 Å². The number of rotatable bonds is 0. The van der Waals surface area contributed by atoms with Crippen LogP contribution in [-0.2, 0) is 31.2 Å². The van der Waals surface area contributed by atoms with Gasteiger partial charge < -0.3 is 23.7 Å². The summed E-state index contributed by atoms with van der Waals surface area (Å²) in [6.07, 6.45) is 0. The first-order valence-electron chi connectivity index (χ1n) is 2.03. The third kappa shape index (κ3) is 24900. The van der Waals surface area contributed by atoms with Crippen molar-refractivity contribution >= 4 is 55.1 Å². The predicted octanol–water partition coefficient (Wildman–Crippen LogP) is -4.53. The Morgan fingerprint density at radius 2 is 0.647 bits per heavy atom. The summed E-state index contributed by atoms with van der Waals surface area (Å²) in [5.74, 6) is 0. The molecule has 0 aromatic carbocycles. The van der Waals surface area contributed by atoms with E-state index in [-0.39, 0.29) is 29.4 Å². The van der Waals surface area contributed by atoms with E-state index in [1.54, 1.807) is 0 Å². The van der Waals surface area contributed by atoms with E-state index in [1.165, 1.54) is 0 Å². The van der Waals surface area contributed by atoms with Gasteiger partial charge in [-0.25, -0.2) is 0 Å². The molecule has 0 saturated carbocycles. The molecule has 0 aliphatic heterocycles. The summed E-state index contributed by atoms with van der Waals surface area (Å²) in [4.78, 5) is 0. The maximum absolute atomic E-state index is 8.74. The molecule has 104 valence electrons. The Balaban J connectivity index is -0.0000000400. The molecule has 0 aliphatic carbocycles. The number of hydrogen-bond acceptors (Lipinski definition) is 10. The van der Waals surface area contributed by atoms with Crippen molar-refractivity contribution in [1.29, 1.82) is 0 Å². The molecule has 17 heavy (non-hydrogen) atoms. The molecule has 4 N–H and O–H groups in total. The zero-order chi connectivity index (χ0) is 13.5. The molecular weight excluding hydrogens is 423 g/mol. The molecule has 0 aromatic heterocycles. The molecule has 0 radical (unpaired) electrons. The fraction of sp³-hybridized carbons (Fsp3) is 0. The first-order valence-corrected chi connectivity index (χ1v) is 6.10. The van der Waals surface area contributed by atoms with Gasteiger partial charge in [-0.05, 0) is 0 Å².